The maximum absolute atomic E-state index is 11.0. The van der Waals surface area contributed by atoms with Gasteiger partial charge in [0.2, 0.25) is 0 Å². The summed E-state index contributed by atoms with van der Waals surface area (Å²) in [5.41, 5.74) is 0. The number of hydrogen-bond donors (Lipinski definition) is 2. The van der Waals surface area contributed by atoms with Gasteiger partial charge in [-0.25, -0.2) is 9.59 Å². The first-order chi connectivity index (χ1) is 9.78. The van der Waals surface area contributed by atoms with E-state index in [2.05, 4.69) is 13.8 Å². The summed E-state index contributed by atoms with van der Waals surface area (Å²) in [6, 6.07) is 0. The molecule has 124 valence electrons. The second-order valence-electron chi connectivity index (χ2n) is 5.83. The van der Waals surface area contributed by atoms with E-state index in [1.54, 1.807) is 13.8 Å². The maximum Gasteiger partial charge on any atom is 0.332 e. The first kappa shape index (κ1) is 19.9. The molecular formula is C15H28O6. The normalized spacial score (nSPS) is 16.7. The van der Waals surface area contributed by atoms with Crippen LogP contribution in [0.3, 0.4) is 0 Å². The van der Waals surface area contributed by atoms with Crippen LogP contribution in [0.15, 0.2) is 0 Å². The largest absolute Gasteiger partial charge is 0.461 e. The highest BCUT2D eigenvalue weighted by molar-refractivity contribution is 5.70. The molecular weight excluding hydrogens is 276 g/mol. The van der Waals surface area contributed by atoms with E-state index in [0.717, 1.165) is 19.3 Å². The standard InChI is InChI=1S/C15H28O6/c1-10(6-12(3)20-14(18)8-16)5-11(2)7-13(4)21-15(19)9-17/h10-13,16-17H,5-9H2,1-4H3. The van der Waals surface area contributed by atoms with E-state index < -0.39 is 25.2 Å². The van der Waals surface area contributed by atoms with Gasteiger partial charge in [0, 0.05) is 0 Å². The summed E-state index contributed by atoms with van der Waals surface area (Å²) >= 11 is 0. The van der Waals surface area contributed by atoms with Crippen LogP contribution in [-0.4, -0.2) is 47.6 Å². The Morgan fingerprint density at radius 2 is 1.10 bits per heavy atom. The summed E-state index contributed by atoms with van der Waals surface area (Å²) in [6.45, 7) is 6.57. The molecule has 0 aliphatic carbocycles. The molecule has 0 aliphatic heterocycles. The van der Waals surface area contributed by atoms with Crippen LogP contribution in [0.1, 0.15) is 47.0 Å². The fraction of sp³-hybridized carbons (Fsp3) is 0.867. The molecule has 4 unspecified atom stereocenters. The van der Waals surface area contributed by atoms with E-state index in [4.69, 9.17) is 19.7 Å². The number of carbonyl (C=O) groups excluding carboxylic acids is 2. The van der Waals surface area contributed by atoms with Gasteiger partial charge >= 0.3 is 11.9 Å². The molecule has 0 heterocycles. The van der Waals surface area contributed by atoms with Crippen LogP contribution in [0.25, 0.3) is 0 Å². The zero-order chi connectivity index (χ0) is 16.4. The fourth-order valence-corrected chi connectivity index (χ4v) is 2.63. The van der Waals surface area contributed by atoms with Crippen LogP contribution in [-0.2, 0) is 19.1 Å². The van der Waals surface area contributed by atoms with E-state index in [0.29, 0.717) is 11.8 Å². The molecule has 6 heteroatoms. The lowest BCUT2D eigenvalue weighted by molar-refractivity contribution is -0.152. The van der Waals surface area contributed by atoms with Crippen LogP contribution in [0.5, 0.6) is 0 Å². The summed E-state index contributed by atoms with van der Waals surface area (Å²) in [5.74, 6) is -0.510. The molecule has 2 N–H and O–H groups in total. The minimum absolute atomic E-state index is 0.225. The number of aliphatic hydroxyl groups excluding tert-OH is 2. The molecule has 0 aromatic carbocycles. The minimum Gasteiger partial charge on any atom is -0.461 e. The van der Waals surface area contributed by atoms with Gasteiger partial charge in [-0.05, 0) is 44.9 Å². The molecule has 0 radical (unpaired) electrons. The average Bonchev–Trinajstić information content (AvgIpc) is 2.37. The van der Waals surface area contributed by atoms with E-state index in [-0.39, 0.29) is 12.2 Å². The molecule has 0 rings (SSSR count). The average molecular weight is 304 g/mol. The molecule has 21 heavy (non-hydrogen) atoms. The number of esters is 2. The van der Waals surface area contributed by atoms with Crippen LogP contribution in [0.4, 0.5) is 0 Å². The predicted molar refractivity (Wildman–Crippen MR) is 77.5 cm³/mol. The Balaban J connectivity index is 4.00. The van der Waals surface area contributed by atoms with Crippen LogP contribution < -0.4 is 0 Å². The molecule has 0 bridgehead atoms. The molecule has 0 spiro atoms. The highest BCUT2D eigenvalue weighted by Crippen LogP contribution is 2.22. The van der Waals surface area contributed by atoms with Crippen molar-refractivity contribution in [2.24, 2.45) is 11.8 Å². The van der Waals surface area contributed by atoms with Gasteiger partial charge in [0.1, 0.15) is 13.2 Å². The van der Waals surface area contributed by atoms with Crippen molar-refractivity contribution in [3.63, 3.8) is 0 Å². The number of carbonyl (C=O) groups is 2. The smallest absolute Gasteiger partial charge is 0.332 e. The Hall–Kier alpha value is -1.14. The van der Waals surface area contributed by atoms with Crippen molar-refractivity contribution in [1.82, 2.24) is 0 Å². The van der Waals surface area contributed by atoms with Crippen molar-refractivity contribution >= 4 is 11.9 Å². The molecule has 6 nitrogen and oxygen atoms in total. The van der Waals surface area contributed by atoms with Gasteiger partial charge in [-0.1, -0.05) is 13.8 Å². The Labute approximate surface area is 126 Å². The first-order valence-corrected chi connectivity index (χ1v) is 7.39. The molecule has 4 atom stereocenters. The van der Waals surface area contributed by atoms with E-state index >= 15 is 0 Å². The Morgan fingerprint density at radius 3 is 1.38 bits per heavy atom. The van der Waals surface area contributed by atoms with Gasteiger partial charge in [0.05, 0.1) is 12.2 Å². The third-order valence-corrected chi connectivity index (χ3v) is 3.20. The third kappa shape index (κ3) is 10.3. The zero-order valence-corrected chi connectivity index (χ0v) is 13.4. The lowest BCUT2D eigenvalue weighted by Crippen LogP contribution is -2.22. The quantitative estimate of drug-likeness (QED) is 0.591. The van der Waals surface area contributed by atoms with Crippen molar-refractivity contribution in [2.45, 2.75) is 59.2 Å². The second kappa shape index (κ2) is 10.6. The van der Waals surface area contributed by atoms with Crippen molar-refractivity contribution in [1.29, 1.82) is 0 Å². The summed E-state index contributed by atoms with van der Waals surface area (Å²) in [5, 5.41) is 17.2. The van der Waals surface area contributed by atoms with E-state index in [1.165, 1.54) is 0 Å². The van der Waals surface area contributed by atoms with Gasteiger partial charge in [-0.2, -0.15) is 0 Å². The topological polar surface area (TPSA) is 93.1 Å². The van der Waals surface area contributed by atoms with Crippen molar-refractivity contribution in [2.75, 3.05) is 13.2 Å². The lowest BCUT2D eigenvalue weighted by atomic mass is 9.90. The third-order valence-electron chi connectivity index (χ3n) is 3.20. The van der Waals surface area contributed by atoms with Crippen molar-refractivity contribution < 1.29 is 29.3 Å². The highest BCUT2D eigenvalue weighted by atomic mass is 16.6. The summed E-state index contributed by atoms with van der Waals surface area (Å²) < 4.78 is 10.0. The molecule has 0 aromatic heterocycles. The Morgan fingerprint density at radius 1 is 0.762 bits per heavy atom. The SMILES string of the molecule is CC(CC(C)CC(C)OC(=O)CO)CC(C)OC(=O)CO. The maximum atomic E-state index is 11.0. The predicted octanol–water partition coefficient (Wildman–Crippen LogP) is 1.28. The lowest BCUT2D eigenvalue weighted by Gasteiger charge is -2.22. The van der Waals surface area contributed by atoms with Gasteiger partial charge in [-0.15, -0.1) is 0 Å². The molecule has 0 amide bonds. The molecule has 0 aliphatic rings. The molecule has 0 aromatic rings. The van der Waals surface area contributed by atoms with Gasteiger partial charge < -0.3 is 19.7 Å². The van der Waals surface area contributed by atoms with E-state index in [9.17, 15) is 9.59 Å². The van der Waals surface area contributed by atoms with Crippen LogP contribution in [0, 0.1) is 11.8 Å². The van der Waals surface area contributed by atoms with Gasteiger partial charge in [0.25, 0.3) is 0 Å². The summed E-state index contributed by atoms with van der Waals surface area (Å²) in [6.07, 6.45) is 1.91. The minimum atomic E-state index is -0.604. The van der Waals surface area contributed by atoms with Crippen molar-refractivity contribution in [3.8, 4) is 0 Å². The summed E-state index contributed by atoms with van der Waals surface area (Å²) in [4.78, 5) is 21.9. The number of ether oxygens (including phenoxy) is 2. The Kier molecular flexibility index (Phi) is 9.99. The monoisotopic (exact) mass is 304 g/mol. The number of aliphatic hydroxyl groups is 2. The Bertz CT molecular complexity index is 287. The van der Waals surface area contributed by atoms with Crippen LogP contribution in [0.2, 0.25) is 0 Å². The van der Waals surface area contributed by atoms with E-state index in [1.807, 2.05) is 0 Å². The van der Waals surface area contributed by atoms with Crippen LogP contribution >= 0.6 is 0 Å². The highest BCUT2D eigenvalue weighted by Gasteiger charge is 2.18. The fourth-order valence-electron chi connectivity index (χ4n) is 2.63. The van der Waals surface area contributed by atoms with Crippen molar-refractivity contribution in [3.05, 3.63) is 0 Å². The summed E-state index contributed by atoms with van der Waals surface area (Å²) in [7, 11) is 0. The second-order valence-corrected chi connectivity index (χ2v) is 5.83. The molecule has 0 fully saturated rings. The van der Waals surface area contributed by atoms with Gasteiger partial charge in [0.15, 0.2) is 0 Å². The number of rotatable bonds is 10. The number of hydrogen-bond acceptors (Lipinski definition) is 6. The van der Waals surface area contributed by atoms with Gasteiger partial charge in [-0.3, -0.25) is 0 Å². The zero-order valence-electron chi connectivity index (χ0n) is 13.4. The molecule has 0 saturated heterocycles. The molecule has 0 saturated carbocycles. The first-order valence-electron chi connectivity index (χ1n) is 7.39.